The molecular weight excluding hydrogens is 146 g/mol. The molecule has 0 radical (unpaired) electrons. The Labute approximate surface area is 66.3 Å². The minimum absolute atomic E-state index is 0.228. The molecule has 1 unspecified atom stereocenters. The van der Waals surface area contributed by atoms with Crippen LogP contribution in [0.5, 0.6) is 0 Å². The average Bonchev–Trinajstić information content (AvgIpc) is 1.88. The van der Waals surface area contributed by atoms with Gasteiger partial charge in [-0.05, 0) is 26.8 Å². The summed E-state index contributed by atoms with van der Waals surface area (Å²) < 4.78 is 4.61. The summed E-state index contributed by atoms with van der Waals surface area (Å²) in [4.78, 5) is 10.9. The van der Waals surface area contributed by atoms with Gasteiger partial charge in [0.25, 0.3) is 0 Å². The molecule has 0 aromatic heterocycles. The Morgan fingerprint density at radius 1 is 1.73 bits per heavy atom. The summed E-state index contributed by atoms with van der Waals surface area (Å²) in [5, 5.41) is 9.36. The van der Waals surface area contributed by atoms with E-state index < -0.39 is 11.6 Å². The predicted octanol–water partition coefficient (Wildman–Crippen LogP) is -0.351. The van der Waals surface area contributed by atoms with E-state index in [1.807, 2.05) is 0 Å². The normalized spacial score (nSPS) is 15.6. The van der Waals surface area contributed by atoms with Gasteiger partial charge in [0.05, 0.1) is 6.61 Å². The third-order valence-electron chi connectivity index (χ3n) is 1.35. The van der Waals surface area contributed by atoms with Crippen molar-refractivity contribution in [3.8, 4) is 0 Å². The summed E-state index contributed by atoms with van der Waals surface area (Å²) in [5.41, 5.74) is 3.75. The highest BCUT2D eigenvalue weighted by atomic mass is 16.5. The van der Waals surface area contributed by atoms with Crippen LogP contribution in [0.15, 0.2) is 0 Å². The van der Waals surface area contributed by atoms with Gasteiger partial charge in [-0.2, -0.15) is 0 Å². The van der Waals surface area contributed by atoms with Crippen LogP contribution in [-0.2, 0) is 9.53 Å². The number of carbonyl (C=O) groups is 1. The average molecular weight is 161 g/mol. The molecule has 0 spiro atoms. The van der Waals surface area contributed by atoms with E-state index in [9.17, 15) is 9.90 Å². The van der Waals surface area contributed by atoms with Gasteiger partial charge in [0.1, 0.15) is 0 Å². The first-order valence-corrected chi connectivity index (χ1v) is 3.64. The van der Waals surface area contributed by atoms with E-state index in [4.69, 9.17) is 5.73 Å². The number of aliphatic hydroxyl groups is 1. The third-order valence-corrected chi connectivity index (χ3v) is 1.35. The number of hydrogen-bond acceptors (Lipinski definition) is 4. The summed E-state index contributed by atoms with van der Waals surface area (Å²) in [7, 11) is 0. The maximum atomic E-state index is 10.9. The molecule has 0 amide bonds. The summed E-state index contributed by atoms with van der Waals surface area (Å²) >= 11 is 0. The highest BCUT2D eigenvalue weighted by Gasteiger charge is 2.30. The van der Waals surface area contributed by atoms with Crippen molar-refractivity contribution < 1.29 is 14.6 Å². The lowest BCUT2D eigenvalue weighted by molar-refractivity contribution is -0.163. The molecule has 0 aliphatic heterocycles. The highest BCUT2D eigenvalue weighted by molar-refractivity contribution is 5.78. The molecule has 0 aromatic rings. The topological polar surface area (TPSA) is 72.5 Å². The van der Waals surface area contributed by atoms with Crippen LogP contribution in [0, 0.1) is 0 Å². The first-order valence-electron chi connectivity index (χ1n) is 3.64. The van der Waals surface area contributed by atoms with Crippen molar-refractivity contribution in [2.45, 2.75) is 25.9 Å². The number of hydrogen-bond donors (Lipinski definition) is 2. The molecule has 0 saturated carbocycles. The lowest BCUT2D eigenvalue weighted by Crippen LogP contribution is -2.38. The predicted molar refractivity (Wildman–Crippen MR) is 40.9 cm³/mol. The zero-order valence-corrected chi connectivity index (χ0v) is 6.96. The van der Waals surface area contributed by atoms with Crippen LogP contribution in [0.2, 0.25) is 0 Å². The molecule has 0 fully saturated rings. The first-order chi connectivity index (χ1) is 5.04. The summed E-state index contributed by atoms with van der Waals surface area (Å²) in [5.74, 6) is -0.606. The van der Waals surface area contributed by atoms with Crippen LogP contribution in [0.1, 0.15) is 20.3 Å². The van der Waals surface area contributed by atoms with E-state index in [2.05, 4.69) is 4.74 Å². The van der Waals surface area contributed by atoms with Crippen molar-refractivity contribution in [1.82, 2.24) is 0 Å². The second-order valence-corrected chi connectivity index (χ2v) is 2.53. The van der Waals surface area contributed by atoms with Gasteiger partial charge < -0.3 is 15.6 Å². The monoisotopic (exact) mass is 161 g/mol. The van der Waals surface area contributed by atoms with Crippen molar-refractivity contribution in [3.63, 3.8) is 0 Å². The number of rotatable bonds is 4. The molecule has 0 rings (SSSR count). The van der Waals surface area contributed by atoms with Crippen LogP contribution in [-0.4, -0.2) is 29.8 Å². The molecule has 0 aliphatic carbocycles. The molecule has 0 bridgehead atoms. The fraction of sp³-hybridized carbons (Fsp3) is 0.857. The molecule has 11 heavy (non-hydrogen) atoms. The quantitative estimate of drug-likeness (QED) is 0.553. The summed E-state index contributed by atoms with van der Waals surface area (Å²) in [6, 6.07) is 0. The van der Waals surface area contributed by atoms with Gasteiger partial charge in [-0.1, -0.05) is 0 Å². The van der Waals surface area contributed by atoms with Crippen molar-refractivity contribution in [1.29, 1.82) is 0 Å². The van der Waals surface area contributed by atoms with E-state index >= 15 is 0 Å². The van der Waals surface area contributed by atoms with Gasteiger partial charge in [0.15, 0.2) is 5.60 Å². The maximum Gasteiger partial charge on any atom is 0.337 e. The van der Waals surface area contributed by atoms with Gasteiger partial charge >= 0.3 is 5.97 Å². The van der Waals surface area contributed by atoms with Crippen molar-refractivity contribution in [2.24, 2.45) is 5.73 Å². The van der Waals surface area contributed by atoms with E-state index in [1.54, 1.807) is 6.92 Å². The molecule has 0 saturated heterocycles. The van der Waals surface area contributed by atoms with E-state index in [0.717, 1.165) is 0 Å². The first kappa shape index (κ1) is 10.4. The Balaban J connectivity index is 3.94. The van der Waals surface area contributed by atoms with E-state index in [-0.39, 0.29) is 19.6 Å². The van der Waals surface area contributed by atoms with Crippen LogP contribution < -0.4 is 5.73 Å². The van der Waals surface area contributed by atoms with Gasteiger partial charge in [-0.15, -0.1) is 0 Å². The molecule has 4 heteroatoms. The Morgan fingerprint density at radius 3 is 2.64 bits per heavy atom. The van der Waals surface area contributed by atoms with Crippen LogP contribution in [0.3, 0.4) is 0 Å². The zero-order chi connectivity index (χ0) is 8.91. The Kier molecular flexibility index (Phi) is 4.07. The molecule has 0 aliphatic rings. The molecule has 0 heterocycles. The SMILES string of the molecule is CCOC(=O)C(C)(O)CCN. The lowest BCUT2D eigenvalue weighted by atomic mass is 10.0. The maximum absolute atomic E-state index is 10.9. The fourth-order valence-electron chi connectivity index (χ4n) is 0.670. The van der Waals surface area contributed by atoms with Gasteiger partial charge in [-0.3, -0.25) is 0 Å². The Bertz CT molecular complexity index is 134. The minimum Gasteiger partial charge on any atom is -0.464 e. The van der Waals surface area contributed by atoms with Gasteiger partial charge in [0.2, 0.25) is 0 Å². The van der Waals surface area contributed by atoms with Crippen molar-refractivity contribution in [3.05, 3.63) is 0 Å². The van der Waals surface area contributed by atoms with Crippen LogP contribution >= 0.6 is 0 Å². The smallest absolute Gasteiger partial charge is 0.337 e. The molecule has 66 valence electrons. The third kappa shape index (κ3) is 3.34. The standard InChI is InChI=1S/C7H15NO3/c1-3-11-6(9)7(2,10)4-5-8/h10H,3-5,8H2,1-2H3. The largest absolute Gasteiger partial charge is 0.464 e. The zero-order valence-electron chi connectivity index (χ0n) is 6.96. The van der Waals surface area contributed by atoms with Gasteiger partial charge in [-0.25, -0.2) is 4.79 Å². The Morgan fingerprint density at radius 2 is 2.27 bits per heavy atom. The van der Waals surface area contributed by atoms with Gasteiger partial charge in [0, 0.05) is 0 Å². The summed E-state index contributed by atoms with van der Waals surface area (Å²) in [6.45, 7) is 3.64. The highest BCUT2D eigenvalue weighted by Crippen LogP contribution is 2.09. The number of carbonyl (C=O) groups excluding carboxylic acids is 1. The second-order valence-electron chi connectivity index (χ2n) is 2.53. The lowest BCUT2D eigenvalue weighted by Gasteiger charge is -2.19. The number of esters is 1. The van der Waals surface area contributed by atoms with Crippen LogP contribution in [0.25, 0.3) is 0 Å². The van der Waals surface area contributed by atoms with Crippen LogP contribution in [0.4, 0.5) is 0 Å². The molecule has 3 N–H and O–H groups in total. The van der Waals surface area contributed by atoms with E-state index in [0.29, 0.717) is 0 Å². The van der Waals surface area contributed by atoms with E-state index in [1.165, 1.54) is 6.92 Å². The fourth-order valence-corrected chi connectivity index (χ4v) is 0.670. The molecule has 1 atom stereocenters. The Hall–Kier alpha value is -0.610. The molecule has 0 aromatic carbocycles. The number of ether oxygens (including phenoxy) is 1. The second kappa shape index (κ2) is 4.31. The van der Waals surface area contributed by atoms with Crippen molar-refractivity contribution >= 4 is 5.97 Å². The van der Waals surface area contributed by atoms with Crippen molar-refractivity contribution in [2.75, 3.05) is 13.2 Å². The molecular formula is C7H15NO3. The molecule has 4 nitrogen and oxygen atoms in total. The number of nitrogens with two attached hydrogens (primary N) is 1. The summed E-state index contributed by atoms with van der Waals surface area (Å²) in [6.07, 6.45) is 0.228. The minimum atomic E-state index is -1.43.